The predicted octanol–water partition coefficient (Wildman–Crippen LogP) is 7.16. The number of hydrogen-bond acceptors (Lipinski definition) is 3. The summed E-state index contributed by atoms with van der Waals surface area (Å²) < 4.78 is 6.98. The van der Waals surface area contributed by atoms with Crippen LogP contribution in [0.3, 0.4) is 0 Å². The van der Waals surface area contributed by atoms with E-state index >= 15 is 0 Å². The summed E-state index contributed by atoms with van der Waals surface area (Å²) in [5.74, 6) is 0.950. The minimum Gasteiger partial charge on any atom is -0.465 e. The first-order chi connectivity index (χ1) is 14.3. The van der Waals surface area contributed by atoms with Gasteiger partial charge < -0.3 is 14.4 Å². The van der Waals surface area contributed by atoms with Crippen LogP contribution in [0.25, 0.3) is 0 Å². The molecule has 0 aliphatic heterocycles. The molecule has 0 radical (unpaired) electrons. The van der Waals surface area contributed by atoms with Crippen molar-refractivity contribution in [3.05, 3.63) is 34.4 Å². The van der Waals surface area contributed by atoms with Crippen LogP contribution in [-0.2, 0) is 10.2 Å². The highest BCUT2D eigenvalue weighted by Crippen LogP contribution is 2.43. The van der Waals surface area contributed by atoms with Crippen molar-refractivity contribution in [1.29, 1.82) is 0 Å². The molecule has 1 aromatic rings. The second kappa shape index (κ2) is 10.3. The Morgan fingerprint density at radius 1 is 1.19 bits per heavy atom. The lowest BCUT2D eigenvalue weighted by atomic mass is 9.91. The highest BCUT2D eigenvalue weighted by atomic mass is 32.2. The lowest BCUT2D eigenvalue weighted by Gasteiger charge is -2.48. The number of aryl methyl sites for hydroxylation is 3. The summed E-state index contributed by atoms with van der Waals surface area (Å²) in [5, 5.41) is 10.3. The van der Waals surface area contributed by atoms with Crippen molar-refractivity contribution < 1.29 is 14.3 Å². The van der Waals surface area contributed by atoms with Crippen LogP contribution >= 0.6 is 11.8 Å². The van der Waals surface area contributed by atoms with Crippen LogP contribution in [0.5, 0.6) is 0 Å². The number of likely N-dealkylation sites (N-methyl/N-ethyl adjacent to an activating group) is 1. The fourth-order valence-corrected chi connectivity index (χ4v) is 7.48. The highest BCUT2D eigenvalue weighted by Gasteiger charge is 2.46. The maximum absolute atomic E-state index is 12.0. The summed E-state index contributed by atoms with van der Waals surface area (Å²) >= 11 is 1.97. The number of carbonyl (C=O) groups is 1. The summed E-state index contributed by atoms with van der Waals surface area (Å²) in [6.07, 6.45) is 2.14. The Bertz CT molecular complexity index is 752. The first-order valence-electron chi connectivity index (χ1n) is 11.6. The topological polar surface area (TPSA) is 49.8 Å². The standard InChI is InChI=1S/C25H43NO3SSi/c1-10-26(24(27)28)21-12-11-13-22(23(21)29-31(8,9)25(5,6)7)30-16-20-18(3)14-17(2)15-19(20)4/h14-15,21-23H,10-13,16H2,1-9H3,(H,27,28)/t21-,22-,23-/m1/s1. The quantitative estimate of drug-likeness (QED) is 0.434. The molecule has 0 heterocycles. The predicted molar refractivity (Wildman–Crippen MR) is 136 cm³/mol. The number of amides is 1. The average molecular weight is 466 g/mol. The van der Waals surface area contributed by atoms with Crippen LogP contribution < -0.4 is 0 Å². The SMILES string of the molecule is CCN(C(=O)O)[C@@H]1CCC[C@@H](SCc2c(C)cc(C)cc2C)[C@@H]1O[Si](C)(C)C(C)(C)C. The summed E-state index contributed by atoms with van der Waals surface area (Å²) in [7, 11) is -2.04. The summed E-state index contributed by atoms with van der Waals surface area (Å²) in [4.78, 5) is 13.6. The third-order valence-corrected chi connectivity index (χ3v) is 13.1. The second-order valence-corrected chi connectivity index (χ2v) is 16.6. The van der Waals surface area contributed by atoms with Gasteiger partial charge >= 0.3 is 6.09 Å². The molecule has 0 spiro atoms. The first-order valence-corrected chi connectivity index (χ1v) is 15.6. The van der Waals surface area contributed by atoms with Gasteiger partial charge in [-0.05, 0) is 75.4 Å². The Labute approximate surface area is 195 Å². The normalized spacial score (nSPS) is 22.4. The molecule has 2 rings (SSSR count). The van der Waals surface area contributed by atoms with E-state index in [1.165, 1.54) is 22.3 Å². The van der Waals surface area contributed by atoms with E-state index in [4.69, 9.17) is 4.43 Å². The number of benzene rings is 1. The van der Waals surface area contributed by atoms with Gasteiger partial charge in [-0.25, -0.2) is 4.79 Å². The van der Waals surface area contributed by atoms with E-state index in [0.29, 0.717) is 11.8 Å². The van der Waals surface area contributed by atoms with Crippen molar-refractivity contribution in [2.75, 3.05) is 6.54 Å². The molecule has 0 aromatic heterocycles. The lowest BCUT2D eigenvalue weighted by molar-refractivity contribution is 0.0360. The van der Waals surface area contributed by atoms with Gasteiger partial charge in [0.25, 0.3) is 0 Å². The zero-order valence-electron chi connectivity index (χ0n) is 21.0. The van der Waals surface area contributed by atoms with E-state index in [0.717, 1.165) is 25.0 Å². The molecule has 3 atom stereocenters. The van der Waals surface area contributed by atoms with Crippen LogP contribution in [0, 0.1) is 20.8 Å². The maximum atomic E-state index is 12.0. The Kier molecular flexibility index (Phi) is 8.73. The molecular weight excluding hydrogens is 422 g/mol. The monoisotopic (exact) mass is 465 g/mol. The van der Waals surface area contributed by atoms with Crippen LogP contribution in [0.1, 0.15) is 69.2 Å². The van der Waals surface area contributed by atoms with E-state index < -0.39 is 14.4 Å². The van der Waals surface area contributed by atoms with Crippen molar-refractivity contribution >= 4 is 26.2 Å². The third-order valence-electron chi connectivity index (χ3n) is 7.24. The van der Waals surface area contributed by atoms with Gasteiger partial charge in [0.15, 0.2) is 8.32 Å². The van der Waals surface area contributed by atoms with Gasteiger partial charge in [0, 0.05) is 17.5 Å². The van der Waals surface area contributed by atoms with Gasteiger partial charge in [0.1, 0.15) is 0 Å². The van der Waals surface area contributed by atoms with E-state index in [2.05, 4.69) is 66.8 Å². The van der Waals surface area contributed by atoms with Crippen LogP contribution in [-0.4, -0.2) is 48.4 Å². The number of hydrogen-bond donors (Lipinski definition) is 1. The fourth-order valence-electron chi connectivity index (χ4n) is 4.43. The smallest absolute Gasteiger partial charge is 0.407 e. The van der Waals surface area contributed by atoms with Gasteiger partial charge in [-0.3, -0.25) is 0 Å². The van der Waals surface area contributed by atoms with E-state index in [-0.39, 0.29) is 17.2 Å². The van der Waals surface area contributed by atoms with Crippen molar-refractivity contribution in [3.8, 4) is 0 Å². The van der Waals surface area contributed by atoms with Crippen molar-refractivity contribution in [1.82, 2.24) is 4.90 Å². The molecule has 31 heavy (non-hydrogen) atoms. The Morgan fingerprint density at radius 2 is 1.77 bits per heavy atom. The van der Waals surface area contributed by atoms with Gasteiger partial charge in [0.05, 0.1) is 12.1 Å². The fraction of sp³-hybridized carbons (Fsp3) is 0.720. The zero-order chi connectivity index (χ0) is 23.6. The maximum Gasteiger partial charge on any atom is 0.407 e. The molecule has 1 aliphatic carbocycles. The molecule has 1 saturated carbocycles. The van der Waals surface area contributed by atoms with Gasteiger partial charge in [-0.2, -0.15) is 11.8 Å². The summed E-state index contributed by atoms with van der Waals surface area (Å²) in [6, 6.07) is 4.46. The molecule has 1 N–H and O–H groups in total. The number of thioether (sulfide) groups is 1. The van der Waals surface area contributed by atoms with Gasteiger partial charge in [-0.15, -0.1) is 0 Å². The largest absolute Gasteiger partial charge is 0.465 e. The molecule has 1 fully saturated rings. The number of rotatable bonds is 7. The van der Waals surface area contributed by atoms with Gasteiger partial charge in [-0.1, -0.05) is 44.9 Å². The molecule has 1 amide bonds. The molecular formula is C25H43NO3SSi. The van der Waals surface area contributed by atoms with Gasteiger partial charge in [0.2, 0.25) is 0 Å². The number of carboxylic acid groups (broad SMARTS) is 1. The zero-order valence-corrected chi connectivity index (χ0v) is 22.9. The molecule has 0 unspecified atom stereocenters. The molecule has 1 aromatic carbocycles. The minimum atomic E-state index is -2.04. The molecule has 6 heteroatoms. The van der Waals surface area contributed by atoms with Crippen molar-refractivity contribution in [2.24, 2.45) is 0 Å². The van der Waals surface area contributed by atoms with Crippen molar-refractivity contribution in [3.63, 3.8) is 0 Å². The molecule has 1 aliphatic rings. The minimum absolute atomic E-state index is 0.0539. The lowest BCUT2D eigenvalue weighted by Crippen LogP contribution is -2.57. The third kappa shape index (κ3) is 6.29. The Balaban J connectivity index is 2.33. The highest BCUT2D eigenvalue weighted by molar-refractivity contribution is 7.99. The molecule has 0 bridgehead atoms. The molecule has 4 nitrogen and oxygen atoms in total. The van der Waals surface area contributed by atoms with Crippen LogP contribution in [0.2, 0.25) is 18.1 Å². The number of nitrogens with zero attached hydrogens (tertiary/aromatic N) is 1. The Hall–Kier alpha value is -0.983. The average Bonchev–Trinajstić information content (AvgIpc) is 2.62. The van der Waals surface area contributed by atoms with Crippen LogP contribution in [0.15, 0.2) is 12.1 Å². The summed E-state index contributed by atoms with van der Waals surface area (Å²) in [6.45, 7) is 20.3. The van der Waals surface area contributed by atoms with E-state index in [1.54, 1.807) is 4.90 Å². The Morgan fingerprint density at radius 3 is 2.26 bits per heavy atom. The molecule has 176 valence electrons. The summed E-state index contributed by atoms with van der Waals surface area (Å²) in [5.41, 5.74) is 5.41. The van der Waals surface area contributed by atoms with Crippen molar-refractivity contribution in [2.45, 2.75) is 109 Å². The van der Waals surface area contributed by atoms with Crippen LogP contribution in [0.4, 0.5) is 4.79 Å². The second-order valence-electron chi connectivity index (χ2n) is 10.6. The van der Waals surface area contributed by atoms with E-state index in [9.17, 15) is 9.90 Å². The first kappa shape index (κ1) is 26.3. The van der Waals surface area contributed by atoms with E-state index in [1.807, 2.05) is 18.7 Å². The molecule has 0 saturated heterocycles.